The molecule has 0 radical (unpaired) electrons. The first kappa shape index (κ1) is 11.8. The molecule has 2 rings (SSSR count). The zero-order chi connectivity index (χ0) is 9.47. The van der Waals surface area contributed by atoms with Gasteiger partial charge in [0.2, 0.25) is 0 Å². The van der Waals surface area contributed by atoms with E-state index in [2.05, 4.69) is 5.32 Å². The van der Waals surface area contributed by atoms with Crippen LogP contribution < -0.4 is 11.1 Å². The molecule has 2 nitrogen and oxygen atoms in total. The fourth-order valence-corrected chi connectivity index (χ4v) is 2.03. The van der Waals surface area contributed by atoms with Crippen molar-refractivity contribution in [1.82, 2.24) is 5.32 Å². The van der Waals surface area contributed by atoms with Gasteiger partial charge in [-0.3, -0.25) is 0 Å². The first-order valence-corrected chi connectivity index (χ1v) is 4.76. The zero-order valence-electron chi connectivity index (χ0n) is 8.01. The van der Waals surface area contributed by atoms with E-state index in [0.717, 1.165) is 23.7 Å². The van der Waals surface area contributed by atoms with Crippen LogP contribution >= 0.6 is 24.0 Å². The summed E-state index contributed by atoms with van der Waals surface area (Å²) in [6.45, 7) is 3.66. The van der Waals surface area contributed by atoms with Gasteiger partial charge in [0.05, 0.1) is 5.54 Å². The van der Waals surface area contributed by atoms with Crippen molar-refractivity contribution < 1.29 is 0 Å². The highest BCUT2D eigenvalue weighted by molar-refractivity contribution is 6.31. The molecule has 0 atom stereocenters. The lowest BCUT2D eigenvalue weighted by Crippen LogP contribution is -2.62. The number of nitrogens with two attached hydrogens (primary N) is 1. The molecule has 1 aliphatic rings. The minimum atomic E-state index is -0.245. The lowest BCUT2D eigenvalue weighted by molar-refractivity contribution is 0.287. The van der Waals surface area contributed by atoms with Crippen molar-refractivity contribution in [3.8, 4) is 0 Å². The maximum Gasteiger partial charge on any atom is 0.0676 e. The molecule has 0 bridgehead atoms. The van der Waals surface area contributed by atoms with Crippen molar-refractivity contribution >= 4 is 24.0 Å². The van der Waals surface area contributed by atoms with E-state index in [1.807, 2.05) is 25.1 Å². The van der Waals surface area contributed by atoms with Crippen LogP contribution in [-0.4, -0.2) is 13.1 Å². The first-order valence-electron chi connectivity index (χ1n) is 4.38. The van der Waals surface area contributed by atoms with Crippen molar-refractivity contribution in [2.45, 2.75) is 12.5 Å². The number of hydrogen-bond donors (Lipinski definition) is 2. The maximum absolute atomic E-state index is 6.13. The molecule has 1 fully saturated rings. The number of aryl methyl sites for hydroxylation is 1. The topological polar surface area (TPSA) is 38.0 Å². The van der Waals surface area contributed by atoms with Gasteiger partial charge in [-0.05, 0) is 24.1 Å². The number of rotatable bonds is 1. The second-order valence-corrected chi connectivity index (χ2v) is 4.15. The van der Waals surface area contributed by atoms with Crippen molar-refractivity contribution in [2.24, 2.45) is 5.73 Å². The van der Waals surface area contributed by atoms with Gasteiger partial charge in [-0.1, -0.05) is 23.7 Å². The van der Waals surface area contributed by atoms with E-state index >= 15 is 0 Å². The summed E-state index contributed by atoms with van der Waals surface area (Å²) in [7, 11) is 0. The highest BCUT2D eigenvalue weighted by Gasteiger charge is 2.35. The zero-order valence-corrected chi connectivity index (χ0v) is 9.58. The summed E-state index contributed by atoms with van der Waals surface area (Å²) < 4.78 is 0. The predicted octanol–water partition coefficient (Wildman–Crippen LogP) is 1.83. The minimum Gasteiger partial charge on any atom is -0.319 e. The molecular formula is C10H14Cl2N2. The van der Waals surface area contributed by atoms with Crippen LogP contribution in [0.2, 0.25) is 5.02 Å². The lowest BCUT2D eigenvalue weighted by atomic mass is 9.85. The second-order valence-electron chi connectivity index (χ2n) is 3.74. The van der Waals surface area contributed by atoms with E-state index in [1.54, 1.807) is 0 Å². The van der Waals surface area contributed by atoms with Crippen LogP contribution in [0.15, 0.2) is 18.2 Å². The van der Waals surface area contributed by atoms with E-state index in [1.165, 1.54) is 5.56 Å². The Morgan fingerprint density at radius 2 is 2.07 bits per heavy atom. The van der Waals surface area contributed by atoms with E-state index < -0.39 is 0 Å². The first-order chi connectivity index (χ1) is 6.12. The summed E-state index contributed by atoms with van der Waals surface area (Å²) in [6.07, 6.45) is 0. The third kappa shape index (κ3) is 1.89. The largest absolute Gasteiger partial charge is 0.319 e. The third-order valence-electron chi connectivity index (χ3n) is 2.54. The molecule has 0 saturated carbocycles. The van der Waals surface area contributed by atoms with Gasteiger partial charge in [0, 0.05) is 18.1 Å². The van der Waals surface area contributed by atoms with Gasteiger partial charge < -0.3 is 11.1 Å². The fourth-order valence-electron chi connectivity index (χ4n) is 1.61. The van der Waals surface area contributed by atoms with E-state index in [-0.39, 0.29) is 17.9 Å². The molecule has 0 unspecified atom stereocenters. The summed E-state index contributed by atoms with van der Waals surface area (Å²) in [4.78, 5) is 0. The molecule has 4 heteroatoms. The highest BCUT2D eigenvalue weighted by Crippen LogP contribution is 2.29. The quantitative estimate of drug-likeness (QED) is 0.776. The molecule has 1 aromatic rings. The van der Waals surface area contributed by atoms with Gasteiger partial charge in [0.15, 0.2) is 0 Å². The van der Waals surface area contributed by atoms with Crippen molar-refractivity contribution in [3.63, 3.8) is 0 Å². The average molecular weight is 233 g/mol. The molecule has 78 valence electrons. The molecule has 0 amide bonds. The number of halogens is 2. The standard InChI is InChI=1S/C10H13ClN2.ClH/c1-7-2-3-8(9(11)4-7)10(12)5-13-6-10;/h2-4,13H,5-6,12H2,1H3;1H. The molecule has 1 aromatic carbocycles. The second kappa shape index (κ2) is 4.07. The molecule has 0 aromatic heterocycles. The Hall–Kier alpha value is -0.280. The van der Waals surface area contributed by atoms with E-state index in [4.69, 9.17) is 17.3 Å². The normalized spacial score (nSPS) is 18.2. The minimum absolute atomic E-state index is 0. The maximum atomic E-state index is 6.13. The Balaban J connectivity index is 0.000000980. The lowest BCUT2D eigenvalue weighted by Gasteiger charge is -2.40. The molecule has 1 aliphatic heterocycles. The number of hydrogen-bond acceptors (Lipinski definition) is 2. The SMILES string of the molecule is Cc1ccc(C2(N)CNC2)c(Cl)c1.Cl. The Bertz CT molecular complexity index is 335. The smallest absolute Gasteiger partial charge is 0.0676 e. The van der Waals surface area contributed by atoms with Crippen LogP contribution in [0.3, 0.4) is 0 Å². The molecule has 14 heavy (non-hydrogen) atoms. The molecule has 1 saturated heterocycles. The third-order valence-corrected chi connectivity index (χ3v) is 2.85. The Morgan fingerprint density at radius 1 is 1.43 bits per heavy atom. The summed E-state index contributed by atoms with van der Waals surface area (Å²) in [6, 6.07) is 6.04. The molecule has 0 aliphatic carbocycles. The van der Waals surface area contributed by atoms with Crippen LogP contribution in [0.1, 0.15) is 11.1 Å². The van der Waals surface area contributed by atoms with Gasteiger partial charge in [-0.25, -0.2) is 0 Å². The predicted molar refractivity (Wildman–Crippen MR) is 62.2 cm³/mol. The van der Waals surface area contributed by atoms with Crippen LogP contribution in [0.5, 0.6) is 0 Å². The average Bonchev–Trinajstić information content (AvgIpc) is 2.00. The monoisotopic (exact) mass is 232 g/mol. The van der Waals surface area contributed by atoms with Crippen molar-refractivity contribution in [3.05, 3.63) is 34.3 Å². The number of benzene rings is 1. The Labute approximate surface area is 95.2 Å². The summed E-state index contributed by atoms with van der Waals surface area (Å²) in [5, 5.41) is 3.94. The molecule has 1 heterocycles. The van der Waals surface area contributed by atoms with Crippen LogP contribution in [-0.2, 0) is 5.54 Å². The fraction of sp³-hybridized carbons (Fsp3) is 0.400. The Kier molecular flexibility index (Phi) is 3.43. The molecular weight excluding hydrogens is 219 g/mol. The van der Waals surface area contributed by atoms with Gasteiger partial charge in [0.1, 0.15) is 0 Å². The summed E-state index contributed by atoms with van der Waals surface area (Å²) in [5.74, 6) is 0. The van der Waals surface area contributed by atoms with Gasteiger partial charge >= 0.3 is 0 Å². The highest BCUT2D eigenvalue weighted by atomic mass is 35.5. The van der Waals surface area contributed by atoms with Crippen LogP contribution in [0.25, 0.3) is 0 Å². The summed E-state index contributed by atoms with van der Waals surface area (Å²) >= 11 is 6.12. The van der Waals surface area contributed by atoms with Crippen molar-refractivity contribution in [1.29, 1.82) is 0 Å². The van der Waals surface area contributed by atoms with Crippen molar-refractivity contribution in [2.75, 3.05) is 13.1 Å². The molecule has 3 N–H and O–H groups in total. The summed E-state index contributed by atoms with van der Waals surface area (Å²) in [5.41, 5.74) is 8.11. The van der Waals surface area contributed by atoms with Crippen LogP contribution in [0.4, 0.5) is 0 Å². The number of nitrogens with one attached hydrogen (secondary N) is 1. The molecule has 0 spiro atoms. The van der Waals surface area contributed by atoms with Gasteiger partial charge in [0.25, 0.3) is 0 Å². The Morgan fingerprint density at radius 3 is 2.50 bits per heavy atom. The van der Waals surface area contributed by atoms with Gasteiger partial charge in [-0.15, -0.1) is 12.4 Å². The van der Waals surface area contributed by atoms with Crippen LogP contribution in [0, 0.1) is 6.92 Å². The van der Waals surface area contributed by atoms with Gasteiger partial charge in [-0.2, -0.15) is 0 Å². The van der Waals surface area contributed by atoms with E-state index in [9.17, 15) is 0 Å². The van der Waals surface area contributed by atoms with E-state index in [0.29, 0.717) is 0 Å².